The second kappa shape index (κ2) is 14.2. The van der Waals surface area contributed by atoms with E-state index in [0.29, 0.717) is 11.3 Å². The Hall–Kier alpha value is -4.30. The summed E-state index contributed by atoms with van der Waals surface area (Å²) >= 11 is 5.34. The molecule has 4 aromatic rings. The molecule has 0 aliphatic carbocycles. The lowest BCUT2D eigenvalue weighted by Gasteiger charge is -2.35. The number of thiocarbonyl (C=S) groups is 1. The maximum absolute atomic E-state index is 14.4. The largest absolute Gasteiger partial charge is 0.446 e. The maximum Gasteiger partial charge on any atom is 0.392 e. The van der Waals surface area contributed by atoms with Crippen molar-refractivity contribution < 1.29 is 36.9 Å². The molecule has 3 aromatic carbocycles. The van der Waals surface area contributed by atoms with Crippen LogP contribution < -0.4 is 16.0 Å². The molecule has 5 rings (SSSR count). The lowest BCUT2D eigenvalue weighted by atomic mass is 9.91. The van der Waals surface area contributed by atoms with Crippen LogP contribution in [0.5, 0.6) is 5.75 Å². The first-order chi connectivity index (χ1) is 21.6. The summed E-state index contributed by atoms with van der Waals surface area (Å²) in [4.78, 5) is 26.9. The standard InChI is InChI=1S/C32H29F3N2O7S/c33-32(34,35)20-31(21-40-18-22-10-4-1-5-11-22)27(41-19-23-12-6-2-7-13-23)26(43-30(45)42-24-14-8-3-9-15-24)28(44-31)37-17-16-25(38)36-29(37)39/h1-17,26-28H,18-21H2,(H,36,38,39)/t26-,27+,28-,31-/m1/s1. The van der Waals surface area contributed by atoms with Gasteiger partial charge in [0.25, 0.3) is 5.56 Å². The van der Waals surface area contributed by atoms with E-state index in [1.54, 1.807) is 91.0 Å². The number of benzene rings is 3. The van der Waals surface area contributed by atoms with Crippen molar-refractivity contribution >= 4 is 17.5 Å². The zero-order valence-electron chi connectivity index (χ0n) is 23.7. The summed E-state index contributed by atoms with van der Waals surface area (Å²) < 4.78 is 73.9. The zero-order valence-corrected chi connectivity index (χ0v) is 24.5. The molecule has 0 unspecified atom stereocenters. The average Bonchev–Trinajstić information content (AvgIpc) is 3.28. The number of alkyl halides is 3. The highest BCUT2D eigenvalue weighted by atomic mass is 32.1. The van der Waals surface area contributed by atoms with E-state index in [4.69, 9.17) is 35.9 Å². The molecule has 0 saturated carbocycles. The summed E-state index contributed by atoms with van der Waals surface area (Å²) in [6.07, 6.45) is -9.69. The number of aromatic nitrogens is 2. The maximum atomic E-state index is 14.4. The summed E-state index contributed by atoms with van der Waals surface area (Å²) in [6.45, 7) is -0.756. The second-order valence-corrected chi connectivity index (χ2v) is 10.7. The number of ether oxygens (including phenoxy) is 5. The molecule has 45 heavy (non-hydrogen) atoms. The Morgan fingerprint density at radius 3 is 2.09 bits per heavy atom. The number of rotatable bonds is 11. The predicted molar refractivity (Wildman–Crippen MR) is 161 cm³/mol. The highest BCUT2D eigenvalue weighted by Crippen LogP contribution is 2.46. The van der Waals surface area contributed by atoms with Crippen LogP contribution in [-0.4, -0.2) is 45.4 Å². The summed E-state index contributed by atoms with van der Waals surface area (Å²) in [5, 5.41) is -0.446. The smallest absolute Gasteiger partial charge is 0.392 e. The van der Waals surface area contributed by atoms with Gasteiger partial charge in [0.2, 0.25) is 0 Å². The quantitative estimate of drug-likeness (QED) is 0.220. The van der Waals surface area contributed by atoms with Gasteiger partial charge in [-0.1, -0.05) is 78.9 Å². The number of hydrogen-bond acceptors (Lipinski definition) is 8. The van der Waals surface area contributed by atoms with Crippen LogP contribution in [0.1, 0.15) is 23.8 Å². The second-order valence-electron chi connectivity index (χ2n) is 10.3. The van der Waals surface area contributed by atoms with Crippen LogP contribution in [0.3, 0.4) is 0 Å². The molecule has 1 aliphatic rings. The molecule has 0 bridgehead atoms. The van der Waals surface area contributed by atoms with Crippen molar-refractivity contribution in [2.24, 2.45) is 0 Å². The zero-order chi connectivity index (χ0) is 31.9. The van der Waals surface area contributed by atoms with Crippen LogP contribution in [0, 0.1) is 0 Å². The third-order valence-electron chi connectivity index (χ3n) is 6.99. The lowest BCUT2D eigenvalue weighted by Crippen LogP contribution is -2.52. The Morgan fingerprint density at radius 1 is 0.889 bits per heavy atom. The molecule has 0 spiro atoms. The van der Waals surface area contributed by atoms with Gasteiger partial charge in [-0.2, -0.15) is 13.2 Å². The molecule has 9 nitrogen and oxygen atoms in total. The lowest BCUT2D eigenvalue weighted by molar-refractivity contribution is -0.227. The Morgan fingerprint density at radius 2 is 1.49 bits per heavy atom. The Bertz CT molecular complexity index is 1670. The Kier molecular flexibility index (Phi) is 10.1. The van der Waals surface area contributed by atoms with E-state index >= 15 is 0 Å². The molecule has 1 saturated heterocycles. The van der Waals surface area contributed by atoms with Crippen LogP contribution in [0.15, 0.2) is 113 Å². The van der Waals surface area contributed by atoms with Gasteiger partial charge in [-0.05, 0) is 23.3 Å². The van der Waals surface area contributed by atoms with Gasteiger partial charge < -0.3 is 23.7 Å². The van der Waals surface area contributed by atoms with Crippen molar-refractivity contribution in [2.45, 2.75) is 49.8 Å². The fraction of sp³-hybridized carbons (Fsp3) is 0.281. The van der Waals surface area contributed by atoms with E-state index < -0.39 is 59.7 Å². The van der Waals surface area contributed by atoms with E-state index in [0.717, 1.165) is 22.4 Å². The molecule has 2 heterocycles. The number of halogens is 3. The van der Waals surface area contributed by atoms with Gasteiger partial charge in [0.05, 0.1) is 26.2 Å². The van der Waals surface area contributed by atoms with Gasteiger partial charge in [0, 0.05) is 24.5 Å². The van der Waals surface area contributed by atoms with Gasteiger partial charge in [-0.15, -0.1) is 0 Å². The molecule has 1 fully saturated rings. The summed E-state index contributed by atoms with van der Waals surface area (Å²) in [7, 11) is 0. The van der Waals surface area contributed by atoms with Crippen molar-refractivity contribution in [2.75, 3.05) is 6.61 Å². The average molecular weight is 643 g/mol. The monoisotopic (exact) mass is 642 g/mol. The molecule has 1 aliphatic heterocycles. The van der Waals surface area contributed by atoms with Gasteiger partial charge in [0.1, 0.15) is 17.5 Å². The summed E-state index contributed by atoms with van der Waals surface area (Å²) in [6, 6.07) is 27.1. The minimum absolute atomic E-state index is 0.0282. The molecule has 1 N–H and O–H groups in total. The van der Waals surface area contributed by atoms with E-state index in [1.807, 2.05) is 0 Å². The Balaban J connectivity index is 1.56. The molecule has 1 aromatic heterocycles. The first kappa shape index (κ1) is 32.1. The van der Waals surface area contributed by atoms with Crippen LogP contribution >= 0.6 is 12.2 Å². The molecular formula is C32H29F3N2O7S. The van der Waals surface area contributed by atoms with Crippen LogP contribution in [-0.2, 0) is 32.2 Å². The number of aromatic amines is 1. The minimum atomic E-state index is -4.76. The van der Waals surface area contributed by atoms with Crippen LogP contribution in [0.4, 0.5) is 13.2 Å². The van der Waals surface area contributed by atoms with E-state index in [1.165, 1.54) is 0 Å². The first-order valence-corrected chi connectivity index (χ1v) is 14.3. The van der Waals surface area contributed by atoms with Gasteiger partial charge >= 0.3 is 17.1 Å². The highest BCUT2D eigenvalue weighted by molar-refractivity contribution is 7.79. The number of nitrogens with zero attached hydrogens (tertiary/aromatic N) is 1. The van der Waals surface area contributed by atoms with E-state index in [-0.39, 0.29) is 13.2 Å². The fourth-order valence-electron chi connectivity index (χ4n) is 5.08. The van der Waals surface area contributed by atoms with Crippen molar-refractivity contribution in [3.63, 3.8) is 0 Å². The number of para-hydroxylation sites is 1. The molecule has 13 heteroatoms. The summed E-state index contributed by atoms with van der Waals surface area (Å²) in [5.74, 6) is 0.314. The topological polar surface area (TPSA) is 101 Å². The number of H-pyrrole nitrogens is 1. The van der Waals surface area contributed by atoms with Gasteiger partial charge in [-0.3, -0.25) is 14.3 Å². The number of hydrogen-bond donors (Lipinski definition) is 1. The van der Waals surface area contributed by atoms with Crippen molar-refractivity contribution in [3.05, 3.63) is 135 Å². The van der Waals surface area contributed by atoms with Crippen molar-refractivity contribution in [3.8, 4) is 5.75 Å². The van der Waals surface area contributed by atoms with E-state index in [2.05, 4.69) is 4.98 Å². The minimum Gasteiger partial charge on any atom is -0.446 e. The normalized spacial score (nSPS) is 21.4. The summed E-state index contributed by atoms with van der Waals surface area (Å²) in [5.41, 5.74) is -2.49. The van der Waals surface area contributed by atoms with Crippen molar-refractivity contribution in [1.29, 1.82) is 0 Å². The molecule has 236 valence electrons. The fourth-order valence-corrected chi connectivity index (χ4v) is 5.29. The van der Waals surface area contributed by atoms with E-state index in [9.17, 15) is 22.8 Å². The first-order valence-electron chi connectivity index (χ1n) is 13.9. The predicted octanol–water partition coefficient (Wildman–Crippen LogP) is 5.31. The number of nitrogens with one attached hydrogen (secondary N) is 1. The third-order valence-corrected chi connectivity index (χ3v) is 7.16. The Labute approximate surface area is 261 Å². The van der Waals surface area contributed by atoms with Crippen LogP contribution in [0.25, 0.3) is 0 Å². The third kappa shape index (κ3) is 8.45. The molecule has 4 atom stereocenters. The highest BCUT2D eigenvalue weighted by Gasteiger charge is 2.62. The van der Waals surface area contributed by atoms with Gasteiger partial charge in [0.15, 0.2) is 12.3 Å². The molecule has 0 amide bonds. The van der Waals surface area contributed by atoms with Crippen LogP contribution in [0.2, 0.25) is 0 Å². The molecular weight excluding hydrogens is 613 g/mol. The van der Waals surface area contributed by atoms with Gasteiger partial charge in [-0.25, -0.2) is 4.79 Å². The van der Waals surface area contributed by atoms with Crippen molar-refractivity contribution in [1.82, 2.24) is 9.55 Å². The SMILES string of the molecule is O=c1ccn([C@@H]2O[C@@](COCc3ccccc3)(CC(F)(F)F)[C@@H](OCc3ccccc3)[C@H]2OC(=S)Oc2ccccc2)c(=O)[nH]1. The molecule has 0 radical (unpaired) electrons.